The topological polar surface area (TPSA) is 59.4 Å². The molecule has 0 aliphatic carbocycles. The minimum absolute atomic E-state index is 0.281. The lowest BCUT2D eigenvalue weighted by molar-refractivity contribution is 0.184. The Bertz CT molecular complexity index is 861. The molecule has 2 N–H and O–H groups in total. The molecule has 5 nitrogen and oxygen atoms in total. The lowest BCUT2D eigenvalue weighted by atomic mass is 10.1. The molecular weight excluding hydrogens is 378 g/mol. The number of nitrogens with zero attached hydrogens (tertiary/aromatic N) is 4. The third-order valence-corrected chi connectivity index (χ3v) is 5.51. The summed E-state index contributed by atoms with van der Waals surface area (Å²) in [5.74, 6) is 1.56. The van der Waals surface area contributed by atoms with E-state index in [-0.39, 0.29) is 6.04 Å². The highest BCUT2D eigenvalue weighted by atomic mass is 79.9. The number of halogens is 1. The number of anilines is 1. The summed E-state index contributed by atoms with van der Waals surface area (Å²) in [5.41, 5.74) is 8.28. The molecule has 1 aromatic carbocycles. The third kappa shape index (κ3) is 3.28. The van der Waals surface area contributed by atoms with Gasteiger partial charge in [-0.3, -0.25) is 9.30 Å². The van der Waals surface area contributed by atoms with Crippen molar-refractivity contribution in [3.05, 3.63) is 58.7 Å². The second-order valence-electron chi connectivity index (χ2n) is 6.61. The van der Waals surface area contributed by atoms with E-state index in [1.165, 1.54) is 24.8 Å². The van der Waals surface area contributed by atoms with Crippen molar-refractivity contribution >= 4 is 27.3 Å². The van der Waals surface area contributed by atoms with Crippen LogP contribution in [-0.2, 0) is 6.54 Å². The Labute approximate surface area is 156 Å². The number of hydrogen-bond acceptors (Lipinski definition) is 4. The normalized spacial score (nSPS) is 19.2. The summed E-state index contributed by atoms with van der Waals surface area (Å²) in [7, 11) is 0. The molecule has 0 spiro atoms. The fourth-order valence-electron chi connectivity index (χ4n) is 3.75. The molecular formula is C19H22BrN5. The van der Waals surface area contributed by atoms with Crippen LogP contribution in [0, 0.1) is 0 Å². The molecule has 1 unspecified atom stereocenters. The van der Waals surface area contributed by atoms with Crippen LogP contribution in [0.2, 0.25) is 0 Å². The van der Waals surface area contributed by atoms with E-state index in [1.54, 1.807) is 6.20 Å². The first-order chi connectivity index (χ1) is 12.2. The smallest absolute Gasteiger partial charge is 0.150 e. The van der Waals surface area contributed by atoms with Crippen LogP contribution in [0.5, 0.6) is 0 Å². The molecule has 0 bridgehead atoms. The number of nitrogen functional groups attached to an aromatic ring is 1. The second kappa shape index (κ2) is 7.14. The van der Waals surface area contributed by atoms with Gasteiger partial charge in [-0.05, 0) is 40.9 Å². The summed E-state index contributed by atoms with van der Waals surface area (Å²) in [6.07, 6.45) is 8.56. The number of imidazole rings is 1. The number of benzene rings is 1. The maximum atomic E-state index is 6.07. The third-order valence-electron chi connectivity index (χ3n) is 4.96. The summed E-state index contributed by atoms with van der Waals surface area (Å²) < 4.78 is 2.87. The van der Waals surface area contributed by atoms with Crippen LogP contribution in [0.3, 0.4) is 0 Å². The monoisotopic (exact) mass is 399 g/mol. The standard InChI is InChI=1S/C19H22BrN5/c20-17-16-18(21)22-10-12-25(16)19(23-17)15-9-5-2-6-11-24(15)13-14-7-3-1-4-8-14/h1,3-4,7-8,10,12,15H,2,5-6,9,11,13H2,(H2,21,22). The number of fused-ring (bicyclic) bond motifs is 1. The molecule has 0 amide bonds. The van der Waals surface area contributed by atoms with Crippen molar-refractivity contribution in [1.82, 2.24) is 19.3 Å². The van der Waals surface area contributed by atoms with E-state index in [9.17, 15) is 0 Å². The van der Waals surface area contributed by atoms with Crippen LogP contribution < -0.4 is 5.73 Å². The Morgan fingerprint density at radius 3 is 2.84 bits per heavy atom. The predicted molar refractivity (Wildman–Crippen MR) is 103 cm³/mol. The Hall–Kier alpha value is -1.92. The molecule has 2 aromatic heterocycles. The number of aromatic nitrogens is 3. The van der Waals surface area contributed by atoms with Crippen LogP contribution in [-0.4, -0.2) is 25.8 Å². The molecule has 6 heteroatoms. The van der Waals surface area contributed by atoms with Gasteiger partial charge in [0.05, 0.1) is 6.04 Å². The highest BCUT2D eigenvalue weighted by molar-refractivity contribution is 9.10. The van der Waals surface area contributed by atoms with E-state index in [1.807, 2.05) is 6.20 Å². The van der Waals surface area contributed by atoms with Gasteiger partial charge in [0, 0.05) is 18.9 Å². The van der Waals surface area contributed by atoms with Crippen molar-refractivity contribution in [3.63, 3.8) is 0 Å². The molecule has 1 atom stereocenters. The zero-order valence-corrected chi connectivity index (χ0v) is 15.7. The van der Waals surface area contributed by atoms with Gasteiger partial charge in [0.1, 0.15) is 15.9 Å². The van der Waals surface area contributed by atoms with Crippen molar-refractivity contribution < 1.29 is 0 Å². The molecule has 4 rings (SSSR count). The predicted octanol–water partition coefficient (Wildman–Crippen LogP) is 4.19. The van der Waals surface area contributed by atoms with Gasteiger partial charge in [-0.25, -0.2) is 9.97 Å². The average molecular weight is 400 g/mol. The average Bonchev–Trinajstić information content (AvgIpc) is 2.80. The molecule has 0 saturated carbocycles. The quantitative estimate of drug-likeness (QED) is 0.716. The number of hydrogen-bond donors (Lipinski definition) is 1. The Kier molecular flexibility index (Phi) is 4.72. The van der Waals surface area contributed by atoms with E-state index in [2.05, 4.69) is 60.5 Å². The van der Waals surface area contributed by atoms with E-state index in [4.69, 9.17) is 10.7 Å². The largest absolute Gasteiger partial charge is 0.382 e. The van der Waals surface area contributed by atoms with E-state index >= 15 is 0 Å². The highest BCUT2D eigenvalue weighted by Crippen LogP contribution is 2.34. The lowest BCUT2D eigenvalue weighted by Crippen LogP contribution is -2.29. The van der Waals surface area contributed by atoms with Crippen molar-refractivity contribution in [2.75, 3.05) is 12.3 Å². The Morgan fingerprint density at radius 1 is 1.16 bits per heavy atom. The molecule has 1 aliphatic heterocycles. The van der Waals surface area contributed by atoms with Gasteiger partial charge in [-0.15, -0.1) is 0 Å². The number of likely N-dealkylation sites (tertiary alicyclic amines) is 1. The Balaban J connectivity index is 1.74. The SMILES string of the molecule is Nc1nccn2c(C3CCCCCN3Cc3ccccc3)nc(Br)c12. The molecule has 1 saturated heterocycles. The zero-order valence-electron chi connectivity index (χ0n) is 14.1. The van der Waals surface area contributed by atoms with Crippen LogP contribution in [0.25, 0.3) is 5.52 Å². The first kappa shape index (κ1) is 16.5. The van der Waals surface area contributed by atoms with Gasteiger partial charge in [0.2, 0.25) is 0 Å². The van der Waals surface area contributed by atoms with E-state index in [0.29, 0.717) is 5.82 Å². The maximum Gasteiger partial charge on any atom is 0.150 e. The van der Waals surface area contributed by atoms with Gasteiger partial charge < -0.3 is 5.73 Å². The summed E-state index contributed by atoms with van der Waals surface area (Å²) in [4.78, 5) is 11.6. The summed E-state index contributed by atoms with van der Waals surface area (Å²) in [6.45, 7) is 2.03. The number of rotatable bonds is 3. The van der Waals surface area contributed by atoms with Crippen molar-refractivity contribution in [3.8, 4) is 0 Å². The van der Waals surface area contributed by atoms with E-state index in [0.717, 1.165) is 35.5 Å². The maximum absolute atomic E-state index is 6.07. The molecule has 3 heterocycles. The molecule has 3 aromatic rings. The van der Waals surface area contributed by atoms with Gasteiger partial charge in [-0.1, -0.05) is 43.2 Å². The van der Waals surface area contributed by atoms with Crippen molar-refractivity contribution in [1.29, 1.82) is 0 Å². The first-order valence-electron chi connectivity index (χ1n) is 8.80. The summed E-state index contributed by atoms with van der Waals surface area (Å²) >= 11 is 3.57. The van der Waals surface area contributed by atoms with Crippen LogP contribution in [0.15, 0.2) is 47.3 Å². The van der Waals surface area contributed by atoms with Crippen molar-refractivity contribution in [2.45, 2.75) is 38.3 Å². The minimum atomic E-state index is 0.281. The van der Waals surface area contributed by atoms with Gasteiger partial charge in [-0.2, -0.15) is 0 Å². The van der Waals surface area contributed by atoms with Crippen LogP contribution >= 0.6 is 15.9 Å². The zero-order chi connectivity index (χ0) is 17.2. The number of nitrogens with two attached hydrogens (primary N) is 1. The van der Waals surface area contributed by atoms with E-state index < -0.39 is 0 Å². The molecule has 1 aliphatic rings. The minimum Gasteiger partial charge on any atom is -0.382 e. The van der Waals surface area contributed by atoms with Gasteiger partial charge in [0.25, 0.3) is 0 Å². The first-order valence-corrected chi connectivity index (χ1v) is 9.59. The lowest BCUT2D eigenvalue weighted by Gasteiger charge is -2.29. The fraction of sp³-hybridized carbons (Fsp3) is 0.368. The molecule has 130 valence electrons. The summed E-state index contributed by atoms with van der Waals surface area (Å²) in [5, 5.41) is 0. The second-order valence-corrected chi connectivity index (χ2v) is 7.36. The van der Waals surface area contributed by atoms with Crippen molar-refractivity contribution in [2.24, 2.45) is 0 Å². The fourth-order valence-corrected chi connectivity index (χ4v) is 4.32. The Morgan fingerprint density at radius 2 is 2.00 bits per heavy atom. The molecule has 25 heavy (non-hydrogen) atoms. The highest BCUT2D eigenvalue weighted by Gasteiger charge is 2.27. The molecule has 1 fully saturated rings. The van der Waals surface area contributed by atoms with Gasteiger partial charge >= 0.3 is 0 Å². The van der Waals surface area contributed by atoms with Crippen LogP contribution in [0.1, 0.15) is 43.1 Å². The van der Waals surface area contributed by atoms with Crippen LogP contribution in [0.4, 0.5) is 5.82 Å². The van der Waals surface area contributed by atoms with Gasteiger partial charge in [0.15, 0.2) is 5.82 Å². The summed E-state index contributed by atoms with van der Waals surface area (Å²) in [6, 6.07) is 11.0. The molecule has 0 radical (unpaired) electrons.